The van der Waals surface area contributed by atoms with Crippen molar-refractivity contribution in [3.05, 3.63) is 89.5 Å². The lowest BCUT2D eigenvalue weighted by Gasteiger charge is -2.48. The molecule has 3 saturated heterocycles. The van der Waals surface area contributed by atoms with Gasteiger partial charge in [0.1, 0.15) is 24.4 Å². The predicted molar refractivity (Wildman–Crippen MR) is 291 cm³/mol. The second-order valence-corrected chi connectivity index (χ2v) is 20.9. The van der Waals surface area contributed by atoms with Crippen LogP contribution < -0.4 is 20.4 Å². The van der Waals surface area contributed by atoms with Crippen LogP contribution in [0.4, 0.5) is 21.9 Å². The van der Waals surface area contributed by atoms with Gasteiger partial charge in [-0.15, -0.1) is 0 Å². The predicted octanol–water partition coefficient (Wildman–Crippen LogP) is 1.57. The minimum atomic E-state index is -1.72. The van der Waals surface area contributed by atoms with Crippen molar-refractivity contribution in [2.45, 2.75) is 109 Å². The monoisotopic (exact) mass is 1100 g/mol. The van der Waals surface area contributed by atoms with Crippen molar-refractivity contribution in [1.82, 2.24) is 24.9 Å². The van der Waals surface area contributed by atoms with Gasteiger partial charge in [-0.1, -0.05) is 36.4 Å². The number of amides is 6. The zero-order valence-corrected chi connectivity index (χ0v) is 46.3. The summed E-state index contributed by atoms with van der Waals surface area (Å²) in [5.41, 5.74) is 2.93. The molecule has 7 rings (SSSR count). The maximum Gasteiger partial charge on any atom is 0.337 e. The molecule has 0 radical (unpaired) electrons. The fourth-order valence-electron chi connectivity index (χ4n) is 10.0. The molecule has 0 aliphatic carbocycles. The number of nitrogens with zero attached hydrogens (tertiary/aromatic N) is 6. The van der Waals surface area contributed by atoms with Crippen LogP contribution in [0.5, 0.6) is 0 Å². The van der Waals surface area contributed by atoms with E-state index in [4.69, 9.17) is 23.7 Å². The Morgan fingerprint density at radius 3 is 2.14 bits per heavy atom. The Kier molecular flexibility index (Phi) is 20.4. The van der Waals surface area contributed by atoms with Crippen molar-refractivity contribution in [2.75, 3.05) is 102 Å². The third kappa shape index (κ3) is 14.2. The number of hydrogen-bond acceptors (Lipinski definition) is 18. The second kappa shape index (κ2) is 26.7. The Balaban J connectivity index is 1.13. The van der Waals surface area contributed by atoms with E-state index in [0.717, 1.165) is 31.1 Å². The number of aliphatic hydroxyl groups is 4. The molecular formula is C56H76N8O15. The van der Waals surface area contributed by atoms with Crippen LogP contribution >= 0.6 is 0 Å². The van der Waals surface area contributed by atoms with Crippen LogP contribution in [0.1, 0.15) is 63.0 Å². The number of carbonyl (C=O) groups excluding carboxylic acids is 6. The van der Waals surface area contributed by atoms with E-state index in [0.29, 0.717) is 28.2 Å². The Morgan fingerprint density at radius 1 is 0.861 bits per heavy atom. The van der Waals surface area contributed by atoms with Gasteiger partial charge in [0.2, 0.25) is 11.8 Å². The van der Waals surface area contributed by atoms with Crippen molar-refractivity contribution in [2.24, 2.45) is 0 Å². The third-order valence-corrected chi connectivity index (χ3v) is 14.5. The van der Waals surface area contributed by atoms with E-state index < -0.39 is 103 Å². The molecule has 4 aliphatic rings. The average molecular weight is 1100 g/mol. The first-order valence-electron chi connectivity index (χ1n) is 26.6. The summed E-state index contributed by atoms with van der Waals surface area (Å²) in [7, 11) is 5.02. The van der Waals surface area contributed by atoms with Gasteiger partial charge in [0.15, 0.2) is 12.4 Å². The topological polar surface area (TPSA) is 273 Å². The summed E-state index contributed by atoms with van der Waals surface area (Å²) >= 11 is 0. The van der Waals surface area contributed by atoms with Gasteiger partial charge in [-0.05, 0) is 83.6 Å². The first kappa shape index (κ1) is 60.3. The van der Waals surface area contributed by atoms with Gasteiger partial charge in [0.05, 0.1) is 74.2 Å². The molecule has 79 heavy (non-hydrogen) atoms. The minimum Gasteiger partial charge on any atom is -0.465 e. The first-order valence-corrected chi connectivity index (χ1v) is 26.6. The largest absolute Gasteiger partial charge is 0.465 e. The van der Waals surface area contributed by atoms with Crippen molar-refractivity contribution in [1.29, 1.82) is 0 Å². The molecular weight excluding hydrogens is 1020 g/mol. The van der Waals surface area contributed by atoms with Gasteiger partial charge >= 0.3 is 12.0 Å². The third-order valence-electron chi connectivity index (χ3n) is 14.5. The van der Waals surface area contributed by atoms with E-state index in [1.165, 1.54) is 42.9 Å². The molecule has 3 aromatic rings. The van der Waals surface area contributed by atoms with Crippen LogP contribution in [0, 0.1) is 0 Å². The summed E-state index contributed by atoms with van der Waals surface area (Å²) in [6, 6.07) is 17.8. The SMILES string of the molecule is COC(=O)c1ccc2c(c1)N(C(=O)N1C[C@H](C)N(C(=O)C3OC(OC[C@@H](COC(CO)[C@H](C)O)NC(C)=O)C(O)C(O)C3OC(C)C)C[C@@H]1C)C(=O)/C2=C(\Nc1ccc(N(C)C(=O)CN2CCN(C)CC2)cc1)c1ccccc1. The highest BCUT2D eigenvalue weighted by Gasteiger charge is 2.52. The average Bonchev–Trinajstić information content (AvgIpc) is 4.02. The van der Waals surface area contributed by atoms with Gasteiger partial charge in [-0.25, -0.2) is 14.5 Å². The number of piperazine rings is 2. The number of likely N-dealkylation sites (N-methyl/N-ethyl adjacent to an activating group) is 2. The molecule has 430 valence electrons. The standard InChI is InChI=1S/C56H76N8O15/c1-32(2)78-50-48(69)49(70)55(77-31-40(57-36(6)67)30-76-44(29-65)35(5)66)79-51(50)53(72)62-26-34(4)63(27-33(62)3)56(74)64-43-25-38(54(73)75-9)15-20-42(43)46(52(64)71)47(37-13-11-10-12-14-37)58-39-16-18-41(19-17-39)60(8)45(68)28-61-23-21-59(7)22-24-61/h10-20,25,32-35,40,44,48-51,55,58,65-66,69-70H,21-24,26-31H2,1-9H3,(H,57,67)/b47-46-/t33-,34-,35-,40+,44?,48?,49?,50?,51?,55?/m0/s1. The van der Waals surface area contributed by atoms with Crippen molar-refractivity contribution in [3.8, 4) is 0 Å². The highest BCUT2D eigenvalue weighted by atomic mass is 16.7. The molecule has 0 bridgehead atoms. The molecule has 6 N–H and O–H groups in total. The fraction of sp³-hybridized carbons (Fsp3) is 0.536. The molecule has 4 aliphatic heterocycles. The molecule has 10 atom stereocenters. The van der Waals surface area contributed by atoms with Crippen LogP contribution in [-0.2, 0) is 42.9 Å². The van der Waals surface area contributed by atoms with Crippen LogP contribution in [0.15, 0.2) is 72.8 Å². The molecule has 3 fully saturated rings. The number of nitrogens with one attached hydrogen (secondary N) is 2. The summed E-state index contributed by atoms with van der Waals surface area (Å²) in [5.74, 6) is -2.54. The molecule has 3 aromatic carbocycles. The summed E-state index contributed by atoms with van der Waals surface area (Å²) in [6.45, 7) is 11.9. The number of esters is 1. The number of anilines is 3. The summed E-state index contributed by atoms with van der Waals surface area (Å²) < 4.78 is 28.7. The number of fused-ring (bicyclic) bond motifs is 1. The summed E-state index contributed by atoms with van der Waals surface area (Å²) in [6.07, 6.45) is -10.5. The molecule has 23 nitrogen and oxygen atoms in total. The zero-order chi connectivity index (χ0) is 57.4. The quantitative estimate of drug-likeness (QED) is 0.0735. The van der Waals surface area contributed by atoms with Crippen LogP contribution in [0.25, 0.3) is 11.3 Å². The molecule has 23 heteroatoms. The number of carbonyl (C=O) groups is 6. The number of imide groups is 1. The van der Waals surface area contributed by atoms with E-state index in [2.05, 4.69) is 27.5 Å². The van der Waals surface area contributed by atoms with E-state index >= 15 is 9.59 Å². The molecule has 0 aromatic heterocycles. The van der Waals surface area contributed by atoms with Gasteiger partial charge in [-0.3, -0.25) is 24.1 Å². The van der Waals surface area contributed by atoms with Crippen molar-refractivity contribution in [3.63, 3.8) is 0 Å². The Hall–Kier alpha value is -6.38. The number of methoxy groups -OCH3 is 1. The molecule has 0 saturated carbocycles. The van der Waals surface area contributed by atoms with Crippen LogP contribution in [0.3, 0.4) is 0 Å². The highest BCUT2D eigenvalue weighted by Crippen LogP contribution is 2.43. The lowest BCUT2D eigenvalue weighted by Crippen LogP contribution is -2.68. The van der Waals surface area contributed by atoms with Crippen LogP contribution in [-0.4, -0.2) is 230 Å². The molecule has 0 spiro atoms. The smallest absolute Gasteiger partial charge is 0.337 e. The summed E-state index contributed by atoms with van der Waals surface area (Å²) in [5, 5.41) is 48.5. The lowest BCUT2D eigenvalue weighted by atomic mass is 9.96. The molecule has 6 amide bonds. The number of rotatable bonds is 19. The van der Waals surface area contributed by atoms with Crippen molar-refractivity contribution < 1.29 is 72.9 Å². The van der Waals surface area contributed by atoms with Gasteiger partial charge in [0.25, 0.3) is 11.8 Å². The Labute approximate surface area is 460 Å². The normalized spacial score (nSPS) is 24.6. The maximum atomic E-state index is 15.3. The van der Waals surface area contributed by atoms with Gasteiger partial charge in [0, 0.05) is 82.3 Å². The minimum absolute atomic E-state index is 0.0515. The zero-order valence-electron chi connectivity index (χ0n) is 46.3. The number of hydrogen-bond donors (Lipinski definition) is 6. The van der Waals surface area contributed by atoms with Gasteiger partial charge in [-0.2, -0.15) is 0 Å². The highest BCUT2D eigenvalue weighted by molar-refractivity contribution is 6.44. The van der Waals surface area contributed by atoms with E-state index in [9.17, 15) is 39.6 Å². The number of benzene rings is 3. The van der Waals surface area contributed by atoms with Gasteiger partial charge < -0.3 is 74.3 Å². The first-order chi connectivity index (χ1) is 37.6. The molecule has 6 unspecified atom stereocenters. The summed E-state index contributed by atoms with van der Waals surface area (Å²) in [4.78, 5) is 93.7. The lowest BCUT2D eigenvalue weighted by molar-refractivity contribution is -0.304. The maximum absolute atomic E-state index is 15.3. The van der Waals surface area contributed by atoms with Crippen molar-refractivity contribution >= 4 is 64.0 Å². The fourth-order valence-corrected chi connectivity index (χ4v) is 10.0. The Bertz CT molecular complexity index is 2670. The van der Waals surface area contributed by atoms with E-state index in [-0.39, 0.29) is 55.6 Å². The number of aliphatic hydroxyl groups excluding tert-OH is 4. The number of ether oxygens (including phenoxy) is 5. The Morgan fingerprint density at radius 2 is 1.52 bits per heavy atom. The second-order valence-electron chi connectivity index (χ2n) is 20.9. The van der Waals surface area contributed by atoms with Crippen LogP contribution in [0.2, 0.25) is 0 Å². The van der Waals surface area contributed by atoms with E-state index in [1.54, 1.807) is 57.8 Å². The van der Waals surface area contributed by atoms with E-state index in [1.807, 2.05) is 42.5 Å². The molecule has 4 heterocycles. The number of urea groups is 1.